The summed E-state index contributed by atoms with van der Waals surface area (Å²) in [6, 6.07) is 1.48. The van der Waals surface area contributed by atoms with E-state index >= 15 is 0 Å². The monoisotopic (exact) mass is 223 g/mol. The predicted octanol–water partition coefficient (Wildman–Crippen LogP) is 0.451. The highest BCUT2D eigenvalue weighted by molar-refractivity contribution is 6.41. The Bertz CT molecular complexity index is 418. The van der Waals surface area contributed by atoms with E-state index < -0.39 is 11.8 Å². The Labute approximate surface area is 92.8 Å². The van der Waals surface area contributed by atoms with Crippen molar-refractivity contribution in [3.8, 4) is 0 Å². The SMILES string of the molecule is CCOC(=O)C(=O)c1cnc(N)cc1NC. The van der Waals surface area contributed by atoms with Crippen molar-refractivity contribution in [2.75, 3.05) is 24.7 Å². The summed E-state index contributed by atoms with van der Waals surface area (Å²) in [7, 11) is 1.62. The highest BCUT2D eigenvalue weighted by Gasteiger charge is 2.21. The fourth-order valence-corrected chi connectivity index (χ4v) is 1.17. The number of carbonyl (C=O) groups excluding carboxylic acids is 2. The van der Waals surface area contributed by atoms with E-state index in [2.05, 4.69) is 15.0 Å². The van der Waals surface area contributed by atoms with Crippen molar-refractivity contribution in [3.63, 3.8) is 0 Å². The first-order chi connectivity index (χ1) is 7.60. The Morgan fingerprint density at radius 3 is 2.81 bits per heavy atom. The summed E-state index contributed by atoms with van der Waals surface area (Å²) in [4.78, 5) is 26.6. The number of nitrogens with two attached hydrogens (primary N) is 1. The van der Waals surface area contributed by atoms with Crippen LogP contribution in [0.3, 0.4) is 0 Å². The average molecular weight is 223 g/mol. The van der Waals surface area contributed by atoms with Crippen molar-refractivity contribution < 1.29 is 14.3 Å². The lowest BCUT2D eigenvalue weighted by Crippen LogP contribution is -2.19. The van der Waals surface area contributed by atoms with Gasteiger partial charge in [-0.3, -0.25) is 4.79 Å². The second kappa shape index (κ2) is 5.11. The van der Waals surface area contributed by atoms with Crippen LogP contribution in [-0.2, 0) is 9.53 Å². The summed E-state index contributed by atoms with van der Waals surface area (Å²) in [6.45, 7) is 1.78. The van der Waals surface area contributed by atoms with Gasteiger partial charge in [-0.25, -0.2) is 9.78 Å². The first kappa shape index (κ1) is 12.0. The number of Topliss-reactive ketones (excluding diaryl/α,β-unsaturated/α-hetero) is 1. The van der Waals surface area contributed by atoms with Crippen LogP contribution in [0.5, 0.6) is 0 Å². The van der Waals surface area contributed by atoms with Crippen molar-refractivity contribution in [3.05, 3.63) is 17.8 Å². The van der Waals surface area contributed by atoms with E-state index in [0.29, 0.717) is 5.69 Å². The number of nitrogens with one attached hydrogen (secondary N) is 1. The van der Waals surface area contributed by atoms with Crippen LogP contribution in [0.15, 0.2) is 12.3 Å². The summed E-state index contributed by atoms with van der Waals surface area (Å²) in [5, 5.41) is 2.77. The van der Waals surface area contributed by atoms with Gasteiger partial charge in [0, 0.05) is 19.3 Å². The van der Waals surface area contributed by atoms with Crippen LogP contribution in [0.2, 0.25) is 0 Å². The number of ketones is 1. The maximum atomic E-state index is 11.6. The lowest BCUT2D eigenvalue weighted by atomic mass is 10.1. The van der Waals surface area contributed by atoms with Gasteiger partial charge in [0.15, 0.2) is 0 Å². The van der Waals surface area contributed by atoms with Crippen LogP contribution in [0.1, 0.15) is 17.3 Å². The Morgan fingerprint density at radius 2 is 2.25 bits per heavy atom. The van der Waals surface area contributed by atoms with Gasteiger partial charge in [-0.1, -0.05) is 0 Å². The topological polar surface area (TPSA) is 94.3 Å². The highest BCUT2D eigenvalue weighted by Crippen LogP contribution is 2.17. The van der Waals surface area contributed by atoms with E-state index in [0.717, 1.165) is 0 Å². The summed E-state index contributed by atoms with van der Waals surface area (Å²) in [5.41, 5.74) is 6.06. The Morgan fingerprint density at radius 1 is 1.56 bits per heavy atom. The normalized spacial score (nSPS) is 9.62. The average Bonchev–Trinajstić information content (AvgIpc) is 2.28. The van der Waals surface area contributed by atoms with E-state index in [4.69, 9.17) is 5.73 Å². The van der Waals surface area contributed by atoms with Gasteiger partial charge >= 0.3 is 5.97 Å². The van der Waals surface area contributed by atoms with Crippen LogP contribution in [-0.4, -0.2) is 30.4 Å². The summed E-state index contributed by atoms with van der Waals surface area (Å²) in [5.74, 6) is -1.37. The molecule has 1 aromatic heterocycles. The maximum Gasteiger partial charge on any atom is 0.379 e. The summed E-state index contributed by atoms with van der Waals surface area (Å²) < 4.78 is 4.61. The minimum absolute atomic E-state index is 0.148. The van der Waals surface area contributed by atoms with Crippen molar-refractivity contribution in [1.29, 1.82) is 0 Å². The number of carbonyl (C=O) groups is 2. The molecule has 0 aliphatic rings. The number of ether oxygens (including phenoxy) is 1. The van der Waals surface area contributed by atoms with Gasteiger partial charge in [-0.15, -0.1) is 0 Å². The molecule has 0 aliphatic heterocycles. The zero-order chi connectivity index (χ0) is 12.1. The molecular weight excluding hydrogens is 210 g/mol. The van der Waals surface area contributed by atoms with Gasteiger partial charge < -0.3 is 15.8 Å². The number of rotatable bonds is 4. The standard InChI is InChI=1S/C10H13N3O3/c1-3-16-10(15)9(14)6-5-13-8(11)4-7(6)12-2/h4-5H,3H2,1-2H3,(H3,11,12,13). The third kappa shape index (κ3) is 2.47. The quantitative estimate of drug-likeness (QED) is 0.437. The fourth-order valence-electron chi connectivity index (χ4n) is 1.17. The Hall–Kier alpha value is -2.11. The molecule has 6 nitrogen and oxygen atoms in total. The molecule has 0 saturated heterocycles. The molecule has 3 N–H and O–H groups in total. The third-order valence-electron chi connectivity index (χ3n) is 1.90. The number of anilines is 2. The van der Waals surface area contributed by atoms with Gasteiger partial charge in [-0.2, -0.15) is 0 Å². The molecule has 0 aliphatic carbocycles. The molecule has 0 radical (unpaired) electrons. The maximum absolute atomic E-state index is 11.6. The van der Waals surface area contributed by atoms with Crippen LogP contribution >= 0.6 is 0 Å². The number of hydrogen-bond donors (Lipinski definition) is 2. The number of hydrogen-bond acceptors (Lipinski definition) is 6. The molecular formula is C10H13N3O3. The third-order valence-corrected chi connectivity index (χ3v) is 1.90. The van der Waals surface area contributed by atoms with Gasteiger partial charge in [0.1, 0.15) is 5.82 Å². The van der Waals surface area contributed by atoms with Crippen LogP contribution in [0, 0.1) is 0 Å². The first-order valence-corrected chi connectivity index (χ1v) is 4.74. The number of aromatic nitrogens is 1. The van der Waals surface area contributed by atoms with Gasteiger partial charge in [0.2, 0.25) is 0 Å². The van der Waals surface area contributed by atoms with E-state index in [-0.39, 0.29) is 18.0 Å². The molecule has 0 saturated carbocycles. The second-order valence-corrected chi connectivity index (χ2v) is 2.95. The Balaban J connectivity index is 3.03. The molecule has 0 aromatic carbocycles. The summed E-state index contributed by atoms with van der Waals surface area (Å²) in [6.07, 6.45) is 1.25. The number of pyridine rings is 1. The molecule has 0 unspecified atom stereocenters. The van der Waals surface area contributed by atoms with Crippen LogP contribution in [0.4, 0.5) is 11.5 Å². The zero-order valence-corrected chi connectivity index (χ0v) is 9.11. The molecule has 0 amide bonds. The molecule has 16 heavy (non-hydrogen) atoms. The molecule has 0 bridgehead atoms. The lowest BCUT2D eigenvalue weighted by molar-refractivity contribution is -0.137. The van der Waals surface area contributed by atoms with E-state index in [9.17, 15) is 9.59 Å². The molecule has 1 rings (SSSR count). The van der Waals surface area contributed by atoms with Crippen molar-refractivity contribution in [2.45, 2.75) is 6.92 Å². The smallest absolute Gasteiger partial charge is 0.379 e. The predicted molar refractivity (Wildman–Crippen MR) is 59.2 cm³/mol. The molecule has 1 aromatic rings. The van der Waals surface area contributed by atoms with Gasteiger partial charge in [0.05, 0.1) is 17.9 Å². The number of nitrogen functional groups attached to an aromatic ring is 1. The number of esters is 1. The van der Waals surface area contributed by atoms with Crippen LogP contribution < -0.4 is 11.1 Å². The minimum Gasteiger partial charge on any atom is -0.460 e. The fraction of sp³-hybridized carbons (Fsp3) is 0.300. The molecule has 0 fully saturated rings. The lowest BCUT2D eigenvalue weighted by Gasteiger charge is -2.07. The largest absolute Gasteiger partial charge is 0.460 e. The zero-order valence-electron chi connectivity index (χ0n) is 9.11. The van der Waals surface area contributed by atoms with Crippen LogP contribution in [0.25, 0.3) is 0 Å². The minimum atomic E-state index is -0.898. The molecule has 86 valence electrons. The second-order valence-electron chi connectivity index (χ2n) is 2.95. The number of nitrogens with zero attached hydrogens (tertiary/aromatic N) is 1. The van der Waals surface area contributed by atoms with Gasteiger partial charge in [-0.05, 0) is 6.92 Å². The van der Waals surface area contributed by atoms with E-state index in [1.54, 1.807) is 14.0 Å². The van der Waals surface area contributed by atoms with Crippen molar-refractivity contribution >= 4 is 23.3 Å². The molecule has 6 heteroatoms. The first-order valence-electron chi connectivity index (χ1n) is 4.74. The van der Waals surface area contributed by atoms with E-state index in [1.165, 1.54) is 12.3 Å². The summed E-state index contributed by atoms with van der Waals surface area (Å²) >= 11 is 0. The molecule has 0 spiro atoms. The van der Waals surface area contributed by atoms with Crippen molar-refractivity contribution in [2.24, 2.45) is 0 Å². The Kier molecular flexibility index (Phi) is 3.82. The van der Waals surface area contributed by atoms with Crippen molar-refractivity contribution in [1.82, 2.24) is 4.98 Å². The van der Waals surface area contributed by atoms with E-state index in [1.807, 2.05) is 0 Å². The molecule has 0 atom stereocenters. The van der Waals surface area contributed by atoms with Gasteiger partial charge in [0.25, 0.3) is 5.78 Å². The highest BCUT2D eigenvalue weighted by atomic mass is 16.5. The molecule has 1 heterocycles.